The second kappa shape index (κ2) is 5.65. The molecule has 23 heavy (non-hydrogen) atoms. The molecule has 0 radical (unpaired) electrons. The highest BCUT2D eigenvalue weighted by Gasteiger charge is 2.21. The highest BCUT2D eigenvalue weighted by Crippen LogP contribution is 2.34. The number of ether oxygens (including phenoxy) is 1. The maximum atomic E-state index is 11.1. The van der Waals surface area contributed by atoms with Crippen molar-refractivity contribution in [3.05, 3.63) is 52.1 Å². The van der Waals surface area contributed by atoms with Crippen molar-refractivity contribution in [2.24, 2.45) is 0 Å². The van der Waals surface area contributed by atoms with Crippen LogP contribution in [0.5, 0.6) is 5.75 Å². The number of thiazole rings is 1. The van der Waals surface area contributed by atoms with Gasteiger partial charge in [0.2, 0.25) is 0 Å². The normalized spacial score (nSPS) is 10.7. The minimum absolute atomic E-state index is 0.346. The van der Waals surface area contributed by atoms with Gasteiger partial charge in [-0.05, 0) is 24.3 Å². The van der Waals surface area contributed by atoms with Crippen LogP contribution in [0.15, 0.2) is 36.4 Å². The molecule has 1 N–H and O–H groups in total. The molecular weight excluding hydrogens is 320 g/mol. The first-order chi connectivity index (χ1) is 11.0. The molecule has 0 aliphatic heterocycles. The van der Waals surface area contributed by atoms with Crippen molar-refractivity contribution >= 4 is 33.2 Å². The summed E-state index contributed by atoms with van der Waals surface area (Å²) >= 11 is 1.35. The quantitative estimate of drug-likeness (QED) is 0.579. The van der Waals surface area contributed by atoms with Gasteiger partial charge in [-0.25, -0.2) is 9.78 Å². The summed E-state index contributed by atoms with van der Waals surface area (Å²) < 4.78 is 6.03. The van der Waals surface area contributed by atoms with Crippen LogP contribution in [0.2, 0.25) is 0 Å². The van der Waals surface area contributed by atoms with Crippen LogP contribution in [-0.2, 0) is 0 Å². The fourth-order valence-electron chi connectivity index (χ4n) is 2.15. The third-order valence-electron chi connectivity index (χ3n) is 3.27. The number of rotatable bonds is 4. The molecule has 8 heteroatoms. The number of aromatic nitrogens is 1. The van der Waals surface area contributed by atoms with Crippen molar-refractivity contribution in [1.29, 1.82) is 0 Å². The molecule has 116 valence electrons. The number of methoxy groups -OCH3 is 1. The Morgan fingerprint density at radius 1 is 1.30 bits per heavy atom. The van der Waals surface area contributed by atoms with Gasteiger partial charge in [-0.2, -0.15) is 0 Å². The summed E-state index contributed by atoms with van der Waals surface area (Å²) in [6, 6.07) is 9.39. The van der Waals surface area contributed by atoms with E-state index in [1.54, 1.807) is 19.2 Å². The molecule has 0 aliphatic carbocycles. The number of nitro groups is 1. The Morgan fingerprint density at radius 2 is 2.09 bits per heavy atom. The molecule has 1 aromatic heterocycles. The molecule has 1 heterocycles. The van der Waals surface area contributed by atoms with Crippen molar-refractivity contribution in [2.45, 2.75) is 0 Å². The molecule has 0 fully saturated rings. The van der Waals surface area contributed by atoms with Crippen LogP contribution >= 0.6 is 11.3 Å². The first kappa shape index (κ1) is 14.9. The lowest BCUT2D eigenvalue weighted by Gasteiger charge is -2.00. The standard InChI is InChI=1S/C15H10N2O5S/c1-22-9-3-5-11-13(7-9)23-14(16-11)8-2-4-10(15(18)19)12(6-8)17(20)21/h2-7H,1H3,(H,18,19). The zero-order chi connectivity index (χ0) is 16.6. The predicted molar refractivity (Wildman–Crippen MR) is 85.2 cm³/mol. The van der Waals surface area contributed by atoms with E-state index in [-0.39, 0.29) is 5.56 Å². The van der Waals surface area contributed by atoms with Crippen LogP contribution in [-0.4, -0.2) is 28.1 Å². The minimum atomic E-state index is -1.34. The van der Waals surface area contributed by atoms with Gasteiger partial charge in [-0.3, -0.25) is 10.1 Å². The third kappa shape index (κ3) is 2.71. The maximum absolute atomic E-state index is 11.1. The highest BCUT2D eigenvalue weighted by molar-refractivity contribution is 7.21. The van der Waals surface area contributed by atoms with E-state index in [4.69, 9.17) is 9.84 Å². The Kier molecular flexibility index (Phi) is 3.67. The molecule has 0 bridgehead atoms. The molecule has 0 saturated heterocycles. The number of hydrogen-bond acceptors (Lipinski definition) is 6. The lowest BCUT2D eigenvalue weighted by molar-refractivity contribution is -0.385. The summed E-state index contributed by atoms with van der Waals surface area (Å²) in [5.41, 5.74) is 0.450. The van der Waals surface area contributed by atoms with E-state index in [9.17, 15) is 14.9 Å². The second-order valence-electron chi connectivity index (χ2n) is 4.65. The van der Waals surface area contributed by atoms with Gasteiger partial charge in [0.15, 0.2) is 0 Å². The molecule has 2 aromatic carbocycles. The summed E-state index contributed by atoms with van der Waals surface area (Å²) in [6.45, 7) is 0. The van der Waals surface area contributed by atoms with Crippen molar-refractivity contribution in [3.63, 3.8) is 0 Å². The Labute approximate surface area is 133 Å². The molecule has 3 aromatic rings. The number of aromatic carboxylic acids is 1. The highest BCUT2D eigenvalue weighted by atomic mass is 32.1. The van der Waals surface area contributed by atoms with E-state index in [0.717, 1.165) is 10.2 Å². The van der Waals surface area contributed by atoms with Crippen LogP contribution in [0, 0.1) is 10.1 Å². The third-order valence-corrected chi connectivity index (χ3v) is 4.33. The molecule has 0 aliphatic rings. The molecule has 0 amide bonds. The maximum Gasteiger partial charge on any atom is 0.342 e. The van der Waals surface area contributed by atoms with E-state index in [1.165, 1.54) is 29.5 Å². The van der Waals surface area contributed by atoms with Gasteiger partial charge in [-0.1, -0.05) is 6.07 Å². The van der Waals surface area contributed by atoms with Gasteiger partial charge in [0.05, 0.1) is 22.2 Å². The van der Waals surface area contributed by atoms with Gasteiger partial charge >= 0.3 is 5.97 Å². The van der Waals surface area contributed by atoms with E-state index >= 15 is 0 Å². The molecule has 0 spiro atoms. The molecule has 0 saturated carbocycles. The van der Waals surface area contributed by atoms with Crippen LogP contribution in [0.3, 0.4) is 0 Å². The Balaban J connectivity index is 2.13. The van der Waals surface area contributed by atoms with E-state index in [2.05, 4.69) is 4.98 Å². The molecule has 3 rings (SSSR count). The number of benzene rings is 2. The van der Waals surface area contributed by atoms with Crippen LogP contribution in [0.1, 0.15) is 10.4 Å². The van der Waals surface area contributed by atoms with E-state index < -0.39 is 16.6 Å². The Morgan fingerprint density at radius 3 is 2.74 bits per heavy atom. The van der Waals surface area contributed by atoms with Gasteiger partial charge in [0, 0.05) is 11.6 Å². The zero-order valence-electron chi connectivity index (χ0n) is 11.8. The number of fused-ring (bicyclic) bond motifs is 1. The van der Waals surface area contributed by atoms with Crippen LogP contribution in [0.25, 0.3) is 20.8 Å². The average Bonchev–Trinajstić information content (AvgIpc) is 2.96. The van der Waals surface area contributed by atoms with Gasteiger partial charge < -0.3 is 9.84 Å². The number of carboxylic acids is 1. The lowest BCUT2D eigenvalue weighted by atomic mass is 10.1. The zero-order valence-corrected chi connectivity index (χ0v) is 12.7. The topological polar surface area (TPSA) is 103 Å². The van der Waals surface area contributed by atoms with Gasteiger partial charge in [0.1, 0.15) is 16.3 Å². The summed E-state index contributed by atoms with van der Waals surface area (Å²) in [7, 11) is 1.57. The fourth-order valence-corrected chi connectivity index (χ4v) is 3.14. The molecule has 0 atom stereocenters. The number of carbonyl (C=O) groups is 1. The van der Waals surface area contributed by atoms with Crippen molar-refractivity contribution < 1.29 is 19.6 Å². The largest absolute Gasteiger partial charge is 0.497 e. The average molecular weight is 330 g/mol. The molecule has 0 unspecified atom stereocenters. The second-order valence-corrected chi connectivity index (χ2v) is 5.68. The first-order valence-corrected chi connectivity index (χ1v) is 7.28. The van der Waals surface area contributed by atoms with Gasteiger partial charge in [0.25, 0.3) is 5.69 Å². The predicted octanol–water partition coefficient (Wildman–Crippen LogP) is 3.58. The first-order valence-electron chi connectivity index (χ1n) is 6.46. The van der Waals surface area contributed by atoms with Crippen molar-refractivity contribution in [2.75, 3.05) is 7.11 Å². The molecular formula is C15H10N2O5S. The number of hydrogen-bond donors (Lipinski definition) is 1. The van der Waals surface area contributed by atoms with E-state index in [0.29, 0.717) is 16.3 Å². The number of nitro benzene ring substituents is 1. The smallest absolute Gasteiger partial charge is 0.342 e. The van der Waals surface area contributed by atoms with Gasteiger partial charge in [-0.15, -0.1) is 11.3 Å². The minimum Gasteiger partial charge on any atom is -0.497 e. The van der Waals surface area contributed by atoms with Crippen LogP contribution < -0.4 is 4.74 Å². The summed E-state index contributed by atoms with van der Waals surface area (Å²) in [5, 5.41) is 20.7. The number of nitrogens with zero attached hydrogens (tertiary/aromatic N) is 2. The molecule has 7 nitrogen and oxygen atoms in total. The Hall–Kier alpha value is -3.00. The number of carboxylic acid groups (broad SMARTS) is 1. The van der Waals surface area contributed by atoms with Crippen LogP contribution in [0.4, 0.5) is 5.69 Å². The lowest BCUT2D eigenvalue weighted by Crippen LogP contribution is -2.02. The summed E-state index contributed by atoms with van der Waals surface area (Å²) in [6.07, 6.45) is 0. The summed E-state index contributed by atoms with van der Waals surface area (Å²) in [5.74, 6) is -0.641. The SMILES string of the molecule is COc1ccc2nc(-c3ccc(C(=O)O)c([N+](=O)[O-])c3)sc2c1. The fraction of sp³-hybridized carbons (Fsp3) is 0.0667. The van der Waals surface area contributed by atoms with Crippen molar-refractivity contribution in [3.8, 4) is 16.3 Å². The Bertz CT molecular complexity index is 935. The van der Waals surface area contributed by atoms with Crippen molar-refractivity contribution in [1.82, 2.24) is 4.98 Å². The summed E-state index contributed by atoms with van der Waals surface area (Å²) in [4.78, 5) is 25.8. The monoisotopic (exact) mass is 330 g/mol. The van der Waals surface area contributed by atoms with E-state index in [1.807, 2.05) is 6.07 Å².